The highest BCUT2D eigenvalue weighted by atomic mass is 35.5. The lowest BCUT2D eigenvalue weighted by atomic mass is 10.1. The van der Waals surface area contributed by atoms with Crippen LogP contribution in [0.2, 0.25) is 0 Å². The van der Waals surface area contributed by atoms with Gasteiger partial charge in [0.25, 0.3) is 0 Å². The first-order valence-electron chi connectivity index (χ1n) is 8.89. The van der Waals surface area contributed by atoms with Gasteiger partial charge >= 0.3 is 5.97 Å². The topological polar surface area (TPSA) is 59.3 Å². The molecule has 2 aromatic rings. The van der Waals surface area contributed by atoms with Crippen molar-refractivity contribution in [3.8, 4) is 17.6 Å². The van der Waals surface area contributed by atoms with Crippen LogP contribution in [0.25, 0.3) is 0 Å². The van der Waals surface area contributed by atoms with Crippen molar-refractivity contribution in [2.75, 3.05) is 0 Å². The SMILES string of the molecule is CC1(C)[C@H](C=C(Cl)Cl)[C@@H]1C(=O)O[C@@H](C#N)c1ccc(F)c(Oc2ccccc2)c1. The molecule has 29 heavy (non-hydrogen) atoms. The number of para-hydroxylation sites is 1. The Morgan fingerprint density at radius 3 is 2.55 bits per heavy atom. The van der Waals surface area contributed by atoms with Crippen LogP contribution in [0.1, 0.15) is 25.5 Å². The van der Waals surface area contributed by atoms with Crippen LogP contribution in [0.4, 0.5) is 4.39 Å². The fourth-order valence-corrected chi connectivity index (χ4v) is 3.58. The first kappa shape index (κ1) is 21.2. The lowest BCUT2D eigenvalue weighted by Crippen LogP contribution is -2.14. The van der Waals surface area contributed by atoms with Gasteiger partial charge in [0.2, 0.25) is 6.10 Å². The molecule has 3 atom stereocenters. The maximum absolute atomic E-state index is 14.2. The molecule has 1 fully saturated rings. The predicted octanol–water partition coefficient (Wildman–Crippen LogP) is 6.32. The molecular weight excluding hydrogens is 416 g/mol. The molecule has 0 unspecified atom stereocenters. The number of carbonyl (C=O) groups excluding carboxylic acids is 1. The number of hydrogen-bond donors (Lipinski definition) is 0. The second-order valence-electron chi connectivity index (χ2n) is 7.33. The maximum atomic E-state index is 14.2. The van der Waals surface area contributed by atoms with Crippen LogP contribution in [0.15, 0.2) is 59.1 Å². The number of allylic oxidation sites excluding steroid dienone is 1. The molecule has 0 N–H and O–H groups in total. The number of rotatable bonds is 6. The van der Waals surface area contributed by atoms with E-state index in [-0.39, 0.29) is 21.6 Å². The molecule has 0 saturated heterocycles. The van der Waals surface area contributed by atoms with Crippen LogP contribution in [0, 0.1) is 34.4 Å². The zero-order valence-corrected chi connectivity index (χ0v) is 17.2. The second kappa shape index (κ2) is 8.44. The van der Waals surface area contributed by atoms with Crippen LogP contribution >= 0.6 is 23.2 Å². The summed E-state index contributed by atoms with van der Waals surface area (Å²) in [5.74, 6) is -1.39. The van der Waals surface area contributed by atoms with Crippen LogP contribution in [-0.4, -0.2) is 5.97 Å². The number of esters is 1. The van der Waals surface area contributed by atoms with E-state index in [4.69, 9.17) is 32.7 Å². The number of ether oxygens (including phenoxy) is 2. The van der Waals surface area contributed by atoms with Gasteiger partial charge in [-0.3, -0.25) is 4.79 Å². The summed E-state index contributed by atoms with van der Waals surface area (Å²) in [7, 11) is 0. The summed E-state index contributed by atoms with van der Waals surface area (Å²) < 4.78 is 25.2. The van der Waals surface area contributed by atoms with E-state index in [1.54, 1.807) is 30.3 Å². The van der Waals surface area contributed by atoms with E-state index < -0.39 is 23.8 Å². The summed E-state index contributed by atoms with van der Waals surface area (Å²) in [5, 5.41) is 9.51. The van der Waals surface area contributed by atoms with Crippen molar-refractivity contribution < 1.29 is 18.7 Å². The number of benzene rings is 2. The molecule has 1 aliphatic rings. The summed E-state index contributed by atoms with van der Waals surface area (Å²) in [4.78, 5) is 12.6. The molecule has 0 aromatic heterocycles. The summed E-state index contributed by atoms with van der Waals surface area (Å²) in [6, 6.07) is 14.5. The third-order valence-electron chi connectivity index (χ3n) is 5.05. The first-order chi connectivity index (χ1) is 13.7. The molecule has 0 spiro atoms. The molecule has 1 aliphatic carbocycles. The van der Waals surface area contributed by atoms with Crippen molar-refractivity contribution in [1.29, 1.82) is 5.26 Å². The number of carbonyl (C=O) groups is 1. The van der Waals surface area contributed by atoms with Gasteiger partial charge in [0.1, 0.15) is 16.3 Å². The molecule has 0 aliphatic heterocycles. The Kier molecular flexibility index (Phi) is 6.16. The number of hydrogen-bond acceptors (Lipinski definition) is 4. The Balaban J connectivity index is 1.77. The number of nitriles is 1. The second-order valence-corrected chi connectivity index (χ2v) is 8.34. The van der Waals surface area contributed by atoms with Crippen molar-refractivity contribution in [1.82, 2.24) is 0 Å². The van der Waals surface area contributed by atoms with Gasteiger partial charge in [-0.15, -0.1) is 0 Å². The van der Waals surface area contributed by atoms with E-state index in [9.17, 15) is 14.4 Å². The maximum Gasteiger partial charge on any atom is 0.311 e. The van der Waals surface area contributed by atoms with Crippen LogP contribution < -0.4 is 4.74 Å². The van der Waals surface area contributed by atoms with E-state index in [0.717, 1.165) is 0 Å². The van der Waals surface area contributed by atoms with Gasteiger partial charge in [-0.25, -0.2) is 4.39 Å². The van der Waals surface area contributed by atoms with Gasteiger partial charge in [0.15, 0.2) is 11.6 Å². The Hall–Kier alpha value is -2.55. The zero-order valence-electron chi connectivity index (χ0n) is 15.7. The minimum Gasteiger partial charge on any atom is -0.454 e. The van der Waals surface area contributed by atoms with Crippen molar-refractivity contribution in [3.05, 3.63) is 70.5 Å². The van der Waals surface area contributed by atoms with Gasteiger partial charge in [-0.05, 0) is 41.7 Å². The summed E-state index contributed by atoms with van der Waals surface area (Å²) >= 11 is 11.4. The Morgan fingerprint density at radius 1 is 1.24 bits per heavy atom. The van der Waals surface area contributed by atoms with Gasteiger partial charge < -0.3 is 9.47 Å². The standard InChI is InChI=1S/C22H18Cl2FNO3/c1-22(2)15(11-19(23)24)20(22)21(27)29-18(12-26)13-8-9-16(25)17(10-13)28-14-6-4-3-5-7-14/h3-11,15,18,20H,1-2H3/t15-,18+,20-/m1/s1. The van der Waals surface area contributed by atoms with Crippen molar-refractivity contribution in [2.24, 2.45) is 17.3 Å². The quantitative estimate of drug-likeness (QED) is 0.500. The predicted molar refractivity (Wildman–Crippen MR) is 108 cm³/mol. The summed E-state index contributed by atoms with van der Waals surface area (Å²) in [6.45, 7) is 3.78. The lowest BCUT2D eigenvalue weighted by molar-refractivity contribution is -0.149. The fourth-order valence-electron chi connectivity index (χ4n) is 3.31. The number of nitrogens with zero attached hydrogens (tertiary/aromatic N) is 1. The van der Waals surface area contributed by atoms with Gasteiger partial charge in [-0.2, -0.15) is 5.26 Å². The highest BCUT2D eigenvalue weighted by Crippen LogP contribution is 2.60. The molecule has 150 valence electrons. The first-order valence-corrected chi connectivity index (χ1v) is 9.65. The lowest BCUT2D eigenvalue weighted by Gasteiger charge is -2.14. The molecule has 0 heterocycles. The summed E-state index contributed by atoms with van der Waals surface area (Å²) in [5.41, 5.74) is -0.0645. The van der Waals surface area contributed by atoms with Crippen LogP contribution in [0.5, 0.6) is 11.5 Å². The van der Waals surface area contributed by atoms with Gasteiger partial charge in [0.05, 0.1) is 5.92 Å². The van der Waals surface area contributed by atoms with E-state index in [0.29, 0.717) is 11.3 Å². The Morgan fingerprint density at radius 2 is 1.93 bits per heavy atom. The van der Waals surface area contributed by atoms with Crippen molar-refractivity contribution in [3.63, 3.8) is 0 Å². The van der Waals surface area contributed by atoms with Crippen molar-refractivity contribution in [2.45, 2.75) is 20.0 Å². The van der Waals surface area contributed by atoms with Gasteiger partial charge in [0, 0.05) is 5.56 Å². The Labute approximate surface area is 178 Å². The van der Waals surface area contributed by atoms with Gasteiger partial charge in [-0.1, -0.05) is 61.3 Å². The molecular formula is C22H18Cl2FNO3. The van der Waals surface area contributed by atoms with E-state index >= 15 is 0 Å². The molecule has 2 aromatic carbocycles. The minimum atomic E-state index is -1.20. The number of halogens is 3. The van der Waals surface area contributed by atoms with Crippen LogP contribution in [0.3, 0.4) is 0 Å². The van der Waals surface area contributed by atoms with E-state index in [2.05, 4.69) is 0 Å². The fraction of sp³-hybridized carbons (Fsp3) is 0.273. The zero-order chi connectivity index (χ0) is 21.2. The normalized spacial score (nSPS) is 20.1. The third kappa shape index (κ3) is 4.72. The summed E-state index contributed by atoms with van der Waals surface area (Å²) in [6.07, 6.45) is 0.397. The molecule has 0 bridgehead atoms. The molecule has 0 amide bonds. The monoisotopic (exact) mass is 433 g/mol. The highest BCUT2D eigenvalue weighted by molar-refractivity contribution is 6.55. The highest BCUT2D eigenvalue weighted by Gasteiger charge is 2.62. The molecule has 0 radical (unpaired) electrons. The molecule has 3 rings (SSSR count). The average molecular weight is 434 g/mol. The molecule has 1 saturated carbocycles. The molecule has 4 nitrogen and oxygen atoms in total. The van der Waals surface area contributed by atoms with E-state index in [1.807, 2.05) is 26.0 Å². The minimum absolute atomic E-state index is 0.0634. The molecule has 7 heteroatoms. The average Bonchev–Trinajstić information content (AvgIpc) is 3.21. The van der Waals surface area contributed by atoms with Crippen molar-refractivity contribution >= 4 is 29.2 Å². The van der Waals surface area contributed by atoms with Crippen LogP contribution in [-0.2, 0) is 9.53 Å². The smallest absolute Gasteiger partial charge is 0.311 e. The Bertz CT molecular complexity index is 981. The van der Waals surface area contributed by atoms with E-state index in [1.165, 1.54) is 18.2 Å². The third-order valence-corrected chi connectivity index (χ3v) is 5.30. The largest absolute Gasteiger partial charge is 0.454 e.